The molecule has 3 nitrogen and oxygen atoms in total. The number of carbonyl (C=O) groups is 1. The molecule has 1 aromatic rings. The normalized spacial score (nSPS) is 9.82. The molecule has 0 heterocycles. The maximum Gasteiger partial charge on any atom is 0.255 e. The van der Waals surface area contributed by atoms with Gasteiger partial charge < -0.3 is 10.1 Å². The Morgan fingerprint density at radius 2 is 2.35 bits per heavy atom. The third-order valence-corrected chi connectivity index (χ3v) is 3.65. The number of hydrogen-bond acceptors (Lipinski definition) is 2. The lowest BCUT2D eigenvalue weighted by Gasteiger charge is -2.10. The predicted octanol–water partition coefficient (Wildman–Crippen LogP) is 3.26. The topological polar surface area (TPSA) is 38.3 Å². The fourth-order valence-electron chi connectivity index (χ4n) is 1.26. The minimum atomic E-state index is -0.193. The zero-order valence-electron chi connectivity index (χ0n) is 9.43. The number of hydrogen-bond donors (Lipinski definition) is 1. The second-order valence-corrected chi connectivity index (χ2v) is 4.87. The van der Waals surface area contributed by atoms with E-state index in [9.17, 15) is 4.79 Å². The van der Waals surface area contributed by atoms with E-state index in [-0.39, 0.29) is 5.91 Å². The van der Waals surface area contributed by atoms with Crippen molar-refractivity contribution in [2.45, 2.75) is 6.42 Å². The molecule has 0 saturated carbocycles. The van der Waals surface area contributed by atoms with Crippen LogP contribution < -0.4 is 10.1 Å². The van der Waals surface area contributed by atoms with E-state index in [4.69, 9.17) is 16.3 Å². The Hall–Kier alpha value is -0.750. The number of amides is 1. The Balaban J connectivity index is 2.91. The number of rotatable bonds is 5. The van der Waals surface area contributed by atoms with Crippen LogP contribution in [-0.2, 0) is 0 Å². The molecular weight excluding hydrogens is 352 g/mol. The van der Waals surface area contributed by atoms with Crippen LogP contribution in [0.15, 0.2) is 24.8 Å². The Labute approximate surface area is 119 Å². The second kappa shape index (κ2) is 6.86. The number of halogens is 2. The summed E-state index contributed by atoms with van der Waals surface area (Å²) < 4.78 is 6.01. The molecule has 0 fully saturated rings. The molecule has 0 aliphatic carbocycles. The van der Waals surface area contributed by atoms with Crippen LogP contribution in [0.5, 0.6) is 5.75 Å². The lowest BCUT2D eigenvalue weighted by atomic mass is 10.2. The van der Waals surface area contributed by atoms with Gasteiger partial charge in [-0.05, 0) is 41.1 Å². The van der Waals surface area contributed by atoms with E-state index in [1.165, 1.54) is 7.11 Å². The molecule has 0 radical (unpaired) electrons. The second-order valence-electron chi connectivity index (χ2n) is 3.30. The molecule has 1 rings (SSSR count). The molecule has 5 heteroatoms. The molecule has 92 valence electrons. The summed E-state index contributed by atoms with van der Waals surface area (Å²) in [5.74, 6) is 0.330. The van der Waals surface area contributed by atoms with Crippen LogP contribution in [0.4, 0.5) is 0 Å². The van der Waals surface area contributed by atoms with Crippen molar-refractivity contribution in [3.8, 4) is 5.75 Å². The highest BCUT2D eigenvalue weighted by Crippen LogP contribution is 2.28. The first-order valence-electron chi connectivity index (χ1n) is 5.02. The highest BCUT2D eigenvalue weighted by Gasteiger charge is 2.14. The zero-order valence-corrected chi connectivity index (χ0v) is 12.3. The van der Waals surface area contributed by atoms with Gasteiger partial charge in [-0.15, -0.1) is 6.58 Å². The summed E-state index contributed by atoms with van der Waals surface area (Å²) in [5, 5.41) is 3.31. The van der Waals surface area contributed by atoms with Crippen molar-refractivity contribution in [2.75, 3.05) is 13.7 Å². The van der Waals surface area contributed by atoms with E-state index in [2.05, 4.69) is 34.5 Å². The maximum absolute atomic E-state index is 11.9. The third-order valence-electron chi connectivity index (χ3n) is 2.12. The van der Waals surface area contributed by atoms with Gasteiger partial charge in [-0.3, -0.25) is 4.79 Å². The largest absolute Gasteiger partial charge is 0.496 e. The van der Waals surface area contributed by atoms with Crippen LogP contribution in [0.1, 0.15) is 16.8 Å². The maximum atomic E-state index is 11.9. The molecule has 0 aromatic heterocycles. The Morgan fingerprint density at radius 1 is 1.65 bits per heavy atom. The molecular formula is C12H13ClINO2. The number of carbonyl (C=O) groups excluding carboxylic acids is 1. The average Bonchev–Trinajstić information content (AvgIpc) is 2.32. The van der Waals surface area contributed by atoms with E-state index in [0.29, 0.717) is 22.9 Å². The summed E-state index contributed by atoms with van der Waals surface area (Å²) in [6.07, 6.45) is 2.48. The number of ether oxygens (including phenoxy) is 1. The number of benzene rings is 1. The van der Waals surface area contributed by atoms with Gasteiger partial charge in [0.15, 0.2) is 0 Å². The number of nitrogens with one attached hydrogen (secondary N) is 1. The molecule has 0 unspecified atom stereocenters. The van der Waals surface area contributed by atoms with E-state index >= 15 is 0 Å². The molecule has 1 amide bonds. The summed E-state index contributed by atoms with van der Waals surface area (Å²) >= 11 is 8.08. The third kappa shape index (κ3) is 3.89. The lowest BCUT2D eigenvalue weighted by Crippen LogP contribution is -2.24. The van der Waals surface area contributed by atoms with Gasteiger partial charge in [0.05, 0.1) is 17.7 Å². The molecule has 0 aliphatic heterocycles. The summed E-state index contributed by atoms with van der Waals surface area (Å²) in [4.78, 5) is 11.9. The van der Waals surface area contributed by atoms with E-state index in [1.54, 1.807) is 18.2 Å². The molecule has 0 atom stereocenters. The van der Waals surface area contributed by atoms with Crippen LogP contribution in [0.3, 0.4) is 0 Å². The Kier molecular flexibility index (Phi) is 5.77. The van der Waals surface area contributed by atoms with Crippen molar-refractivity contribution in [3.63, 3.8) is 0 Å². The predicted molar refractivity (Wildman–Crippen MR) is 77.9 cm³/mol. The highest BCUT2D eigenvalue weighted by molar-refractivity contribution is 14.1. The summed E-state index contributed by atoms with van der Waals surface area (Å²) in [6.45, 7) is 4.14. The van der Waals surface area contributed by atoms with Crippen molar-refractivity contribution in [3.05, 3.63) is 38.9 Å². The monoisotopic (exact) mass is 365 g/mol. The molecule has 0 spiro atoms. The number of methoxy groups -OCH3 is 1. The van der Waals surface area contributed by atoms with E-state index in [1.807, 2.05) is 0 Å². The lowest BCUT2D eigenvalue weighted by molar-refractivity contribution is 0.0951. The van der Waals surface area contributed by atoms with Gasteiger partial charge in [0.25, 0.3) is 5.91 Å². The van der Waals surface area contributed by atoms with Crippen molar-refractivity contribution < 1.29 is 9.53 Å². The van der Waals surface area contributed by atoms with Gasteiger partial charge in [0.1, 0.15) is 5.75 Å². The molecule has 0 saturated heterocycles. The van der Waals surface area contributed by atoms with Gasteiger partial charge in [0, 0.05) is 10.1 Å². The Morgan fingerprint density at radius 3 is 2.94 bits per heavy atom. The van der Waals surface area contributed by atoms with Gasteiger partial charge in [-0.1, -0.05) is 17.7 Å². The smallest absolute Gasteiger partial charge is 0.255 e. The fraction of sp³-hybridized carbons (Fsp3) is 0.250. The first-order chi connectivity index (χ1) is 8.10. The van der Waals surface area contributed by atoms with Crippen LogP contribution in [-0.4, -0.2) is 19.6 Å². The van der Waals surface area contributed by atoms with Crippen molar-refractivity contribution in [1.29, 1.82) is 0 Å². The van der Waals surface area contributed by atoms with E-state index in [0.717, 1.165) is 9.99 Å². The van der Waals surface area contributed by atoms with Crippen molar-refractivity contribution >= 4 is 40.1 Å². The Bertz CT molecular complexity index is 435. The van der Waals surface area contributed by atoms with Crippen LogP contribution in [0, 0.1) is 3.57 Å². The SMILES string of the molecule is C=CCCNC(=O)c1cc(Cl)c(I)cc1OC. The minimum Gasteiger partial charge on any atom is -0.496 e. The zero-order chi connectivity index (χ0) is 12.8. The van der Waals surface area contributed by atoms with Crippen LogP contribution in [0.2, 0.25) is 5.02 Å². The highest BCUT2D eigenvalue weighted by atomic mass is 127. The fourth-order valence-corrected chi connectivity index (χ4v) is 1.86. The van der Waals surface area contributed by atoms with Gasteiger partial charge in [-0.2, -0.15) is 0 Å². The standard InChI is InChI=1S/C12H13ClINO2/c1-3-4-5-15-12(16)8-6-9(13)10(14)7-11(8)17-2/h3,6-7H,1,4-5H2,2H3,(H,15,16). The van der Waals surface area contributed by atoms with Crippen molar-refractivity contribution in [2.24, 2.45) is 0 Å². The molecule has 1 N–H and O–H groups in total. The quantitative estimate of drug-likeness (QED) is 0.494. The van der Waals surface area contributed by atoms with Crippen LogP contribution >= 0.6 is 34.2 Å². The first kappa shape index (κ1) is 14.3. The van der Waals surface area contributed by atoms with Gasteiger partial charge >= 0.3 is 0 Å². The summed E-state index contributed by atoms with van der Waals surface area (Å²) in [5.41, 5.74) is 0.446. The van der Waals surface area contributed by atoms with E-state index < -0.39 is 0 Å². The molecule has 0 bridgehead atoms. The minimum absolute atomic E-state index is 0.193. The van der Waals surface area contributed by atoms with Crippen LogP contribution in [0.25, 0.3) is 0 Å². The molecule has 1 aromatic carbocycles. The average molecular weight is 366 g/mol. The first-order valence-corrected chi connectivity index (χ1v) is 6.48. The summed E-state index contributed by atoms with van der Waals surface area (Å²) in [6, 6.07) is 3.36. The molecule has 0 aliphatic rings. The van der Waals surface area contributed by atoms with Gasteiger partial charge in [-0.25, -0.2) is 0 Å². The molecule has 17 heavy (non-hydrogen) atoms. The van der Waals surface area contributed by atoms with Gasteiger partial charge in [0.2, 0.25) is 0 Å². The van der Waals surface area contributed by atoms with Crippen molar-refractivity contribution in [1.82, 2.24) is 5.32 Å². The summed E-state index contributed by atoms with van der Waals surface area (Å²) in [7, 11) is 1.53.